The minimum absolute atomic E-state index is 0.0928. The van der Waals surface area contributed by atoms with Crippen LogP contribution >= 0.6 is 0 Å². The van der Waals surface area contributed by atoms with Gasteiger partial charge in [0.05, 0.1) is 0 Å². The van der Waals surface area contributed by atoms with Crippen molar-refractivity contribution >= 4 is 11.6 Å². The molecule has 1 N–H and O–H groups in total. The number of rotatable bonds is 7. The summed E-state index contributed by atoms with van der Waals surface area (Å²) >= 11 is 0. The number of aromatic amines is 1. The van der Waals surface area contributed by atoms with E-state index in [4.69, 9.17) is 4.74 Å². The molecule has 1 aromatic carbocycles. The van der Waals surface area contributed by atoms with Crippen LogP contribution in [0.15, 0.2) is 47.4 Å². The first-order valence-electron chi connectivity index (χ1n) is 6.98. The van der Waals surface area contributed by atoms with Gasteiger partial charge in [0.25, 0.3) is 0 Å². The maximum absolute atomic E-state index is 11.9. The lowest BCUT2D eigenvalue weighted by atomic mass is 10.1. The Balaban J connectivity index is 1.96. The lowest BCUT2D eigenvalue weighted by molar-refractivity contribution is -0.135. The van der Waals surface area contributed by atoms with E-state index in [1.165, 1.54) is 19.2 Å². The summed E-state index contributed by atoms with van der Waals surface area (Å²) in [6.07, 6.45) is 1.90. The molecule has 0 amide bonds. The van der Waals surface area contributed by atoms with Crippen molar-refractivity contribution < 1.29 is 14.3 Å². The van der Waals surface area contributed by atoms with Crippen molar-refractivity contribution in [2.75, 3.05) is 0 Å². The number of ketones is 2. The van der Waals surface area contributed by atoms with Crippen molar-refractivity contribution in [3.8, 4) is 5.75 Å². The summed E-state index contributed by atoms with van der Waals surface area (Å²) < 4.78 is 5.48. The Kier molecular flexibility index (Phi) is 5.25. The Morgan fingerprint density at radius 2 is 1.91 bits per heavy atom. The third-order valence-electron chi connectivity index (χ3n) is 3.19. The smallest absolute Gasteiger partial charge is 0.223 e. The van der Waals surface area contributed by atoms with Crippen LogP contribution in [0.5, 0.6) is 5.75 Å². The first-order valence-corrected chi connectivity index (χ1v) is 6.98. The lowest BCUT2D eigenvalue weighted by Gasteiger charge is -2.06. The number of nitrogens with one attached hydrogen (secondary N) is 1. The number of aromatic nitrogens is 1. The molecule has 0 radical (unpaired) electrons. The number of benzene rings is 1. The number of hydrogen-bond acceptors (Lipinski definition) is 4. The molecule has 0 bridgehead atoms. The second kappa shape index (κ2) is 7.36. The van der Waals surface area contributed by atoms with Crippen LogP contribution in [-0.2, 0) is 22.6 Å². The van der Waals surface area contributed by atoms with E-state index in [0.717, 1.165) is 5.56 Å². The highest BCUT2D eigenvalue weighted by Gasteiger charge is 2.09. The van der Waals surface area contributed by atoms with E-state index in [-0.39, 0.29) is 17.6 Å². The molecule has 5 nitrogen and oxygen atoms in total. The molecule has 0 spiro atoms. The van der Waals surface area contributed by atoms with Crippen LogP contribution in [-0.4, -0.2) is 16.6 Å². The predicted octanol–water partition coefficient (Wildman–Crippen LogP) is 2.04. The molecule has 0 aliphatic carbocycles. The van der Waals surface area contributed by atoms with Crippen molar-refractivity contribution in [3.63, 3.8) is 0 Å². The zero-order valence-corrected chi connectivity index (χ0v) is 12.3. The molecule has 0 saturated carbocycles. The molecule has 5 heteroatoms. The van der Waals surface area contributed by atoms with E-state index in [0.29, 0.717) is 18.7 Å². The topological polar surface area (TPSA) is 76.2 Å². The zero-order valence-electron chi connectivity index (χ0n) is 12.3. The fraction of sp³-hybridized carbons (Fsp3) is 0.235. The van der Waals surface area contributed by atoms with Crippen molar-refractivity contribution in [1.82, 2.24) is 4.98 Å². The third-order valence-corrected chi connectivity index (χ3v) is 3.19. The number of H-pyrrole nitrogens is 1. The molecule has 2 aromatic rings. The van der Waals surface area contributed by atoms with E-state index in [9.17, 15) is 14.4 Å². The Hall–Kier alpha value is -2.69. The van der Waals surface area contributed by atoms with Gasteiger partial charge in [0.2, 0.25) is 5.43 Å². The van der Waals surface area contributed by atoms with Gasteiger partial charge >= 0.3 is 0 Å². The number of Topliss-reactive ketones (excluding diaryl/α,β-unsaturated/α-hetero) is 2. The molecule has 0 fully saturated rings. The predicted molar refractivity (Wildman–Crippen MR) is 81.8 cm³/mol. The van der Waals surface area contributed by atoms with E-state index in [2.05, 4.69) is 4.98 Å². The highest BCUT2D eigenvalue weighted by Crippen LogP contribution is 2.08. The maximum Gasteiger partial charge on any atom is 0.223 e. The van der Waals surface area contributed by atoms with Gasteiger partial charge in [0.1, 0.15) is 6.61 Å². The Morgan fingerprint density at radius 3 is 2.55 bits per heavy atom. The monoisotopic (exact) mass is 299 g/mol. The van der Waals surface area contributed by atoms with E-state index in [1.54, 1.807) is 0 Å². The van der Waals surface area contributed by atoms with Gasteiger partial charge in [-0.15, -0.1) is 0 Å². The molecule has 22 heavy (non-hydrogen) atoms. The van der Waals surface area contributed by atoms with Crippen LogP contribution in [0.25, 0.3) is 0 Å². The van der Waals surface area contributed by atoms with Crippen molar-refractivity contribution in [2.24, 2.45) is 0 Å². The normalized spacial score (nSPS) is 10.2. The number of ether oxygens (including phenoxy) is 1. The molecule has 0 atom stereocenters. The van der Waals surface area contributed by atoms with Gasteiger partial charge in [0, 0.05) is 31.3 Å². The number of hydrogen-bond donors (Lipinski definition) is 1. The Labute approximate surface area is 127 Å². The minimum Gasteiger partial charge on any atom is -0.483 e. The lowest BCUT2D eigenvalue weighted by Crippen LogP contribution is -2.13. The molecule has 0 unspecified atom stereocenters. The van der Waals surface area contributed by atoms with Gasteiger partial charge in [-0.1, -0.05) is 30.3 Å². The van der Waals surface area contributed by atoms with E-state index in [1.807, 2.05) is 30.3 Å². The van der Waals surface area contributed by atoms with Gasteiger partial charge in [-0.05, 0) is 12.0 Å². The van der Waals surface area contributed by atoms with Gasteiger partial charge in [-0.3, -0.25) is 14.4 Å². The molecule has 0 aliphatic rings. The fourth-order valence-corrected chi connectivity index (χ4v) is 1.92. The average Bonchev–Trinajstić information content (AvgIpc) is 2.52. The highest BCUT2D eigenvalue weighted by atomic mass is 16.5. The van der Waals surface area contributed by atoms with Crippen LogP contribution in [0, 0.1) is 0 Å². The van der Waals surface area contributed by atoms with Gasteiger partial charge in [-0.2, -0.15) is 0 Å². The number of pyridine rings is 1. The quantitative estimate of drug-likeness (QED) is 0.794. The molecule has 0 saturated heterocycles. The van der Waals surface area contributed by atoms with E-state index >= 15 is 0 Å². The molecular formula is C17H17NO4. The fourth-order valence-electron chi connectivity index (χ4n) is 1.92. The van der Waals surface area contributed by atoms with Crippen molar-refractivity contribution in [2.45, 2.75) is 26.4 Å². The Morgan fingerprint density at radius 1 is 1.18 bits per heavy atom. The standard InChI is InChI=1S/C17H17NO4/c1-12(19)15(20)8-7-14-9-16(21)17(10-18-14)22-11-13-5-3-2-4-6-13/h2-6,9-10H,7-8,11H2,1H3,(H,18,21). The van der Waals surface area contributed by atoms with Gasteiger partial charge in [0.15, 0.2) is 17.3 Å². The Bertz CT molecular complexity index is 719. The summed E-state index contributed by atoms with van der Waals surface area (Å²) in [5.74, 6) is -0.680. The summed E-state index contributed by atoms with van der Waals surface area (Å²) in [5, 5.41) is 0. The average molecular weight is 299 g/mol. The first-order chi connectivity index (χ1) is 10.6. The van der Waals surface area contributed by atoms with Crippen LogP contribution < -0.4 is 10.2 Å². The van der Waals surface area contributed by atoms with E-state index < -0.39 is 11.6 Å². The minimum atomic E-state index is -0.467. The molecule has 1 heterocycles. The molecule has 114 valence electrons. The second-order valence-electron chi connectivity index (χ2n) is 4.94. The van der Waals surface area contributed by atoms with Crippen molar-refractivity contribution in [3.05, 3.63) is 64.1 Å². The zero-order chi connectivity index (χ0) is 15.9. The number of carbonyl (C=O) groups is 2. The summed E-state index contributed by atoms with van der Waals surface area (Å²) in [5.41, 5.74) is 1.32. The maximum atomic E-state index is 11.9. The molecule has 1 aromatic heterocycles. The molecule has 2 rings (SSSR count). The summed E-state index contributed by atoms with van der Waals surface area (Å²) in [6, 6.07) is 10.9. The third kappa shape index (κ3) is 4.41. The number of carbonyl (C=O) groups excluding carboxylic acids is 2. The summed E-state index contributed by atoms with van der Waals surface area (Å²) in [6.45, 7) is 1.55. The van der Waals surface area contributed by atoms with Crippen LogP contribution in [0.3, 0.4) is 0 Å². The summed E-state index contributed by atoms with van der Waals surface area (Å²) in [4.78, 5) is 37.0. The van der Waals surface area contributed by atoms with Crippen LogP contribution in [0.4, 0.5) is 0 Å². The SMILES string of the molecule is CC(=O)C(=O)CCc1cc(=O)c(OCc2ccccc2)c[nH]1. The molecule has 0 aliphatic heterocycles. The second-order valence-corrected chi connectivity index (χ2v) is 4.94. The van der Waals surface area contributed by atoms with Crippen LogP contribution in [0.1, 0.15) is 24.6 Å². The number of aryl methyl sites for hydroxylation is 1. The largest absolute Gasteiger partial charge is 0.483 e. The van der Waals surface area contributed by atoms with Crippen molar-refractivity contribution in [1.29, 1.82) is 0 Å². The highest BCUT2D eigenvalue weighted by molar-refractivity contribution is 6.36. The first kappa shape index (κ1) is 15.7. The molecular weight excluding hydrogens is 282 g/mol. The van der Waals surface area contributed by atoms with Gasteiger partial charge < -0.3 is 9.72 Å². The van der Waals surface area contributed by atoms with Gasteiger partial charge in [-0.25, -0.2) is 0 Å². The summed E-state index contributed by atoms with van der Waals surface area (Å²) in [7, 11) is 0. The van der Waals surface area contributed by atoms with Crippen LogP contribution in [0.2, 0.25) is 0 Å².